The number of carbonyl (C=O) groups excluding carboxylic acids is 2. The lowest BCUT2D eigenvalue weighted by atomic mass is 10.4. The van der Waals surface area contributed by atoms with Gasteiger partial charge in [0.15, 0.2) is 0 Å². The Morgan fingerprint density at radius 1 is 1.00 bits per heavy atom. The molecular weight excluding hydrogens is 212 g/mol. The van der Waals surface area contributed by atoms with Crippen LogP contribution >= 0.6 is 0 Å². The van der Waals surface area contributed by atoms with Crippen molar-refractivity contribution in [1.29, 1.82) is 0 Å². The molecule has 1 rings (SSSR count). The molecule has 79 valence electrons. The van der Waals surface area contributed by atoms with Crippen molar-refractivity contribution in [1.82, 2.24) is 0 Å². The summed E-state index contributed by atoms with van der Waals surface area (Å²) < 4.78 is 9.93. The molecule has 0 fully saturated rings. The van der Waals surface area contributed by atoms with Gasteiger partial charge in [-0.25, -0.2) is 0 Å². The summed E-state index contributed by atoms with van der Waals surface area (Å²) in [5, 5.41) is 0.730. The number of hydrogen-bond donors (Lipinski definition) is 0. The van der Waals surface area contributed by atoms with Gasteiger partial charge in [-0.2, -0.15) is 0 Å². The van der Waals surface area contributed by atoms with Crippen LogP contribution < -0.4 is 5.19 Å². The molecule has 0 aliphatic carbocycles. The smallest absolute Gasteiger partial charge is 0.480 e. The van der Waals surface area contributed by atoms with Crippen LogP contribution in [-0.2, 0) is 18.4 Å². The molecule has 0 saturated heterocycles. The summed E-state index contributed by atoms with van der Waals surface area (Å²) in [5.41, 5.74) is 0. The molecule has 4 nitrogen and oxygen atoms in total. The second kappa shape index (κ2) is 5.31. The molecule has 0 aromatic heterocycles. The first-order valence-corrected chi connectivity index (χ1v) is 5.70. The van der Waals surface area contributed by atoms with Crippen LogP contribution in [0.1, 0.15) is 13.8 Å². The molecule has 0 N–H and O–H groups in total. The topological polar surface area (TPSA) is 52.6 Å². The zero-order valence-corrected chi connectivity index (χ0v) is 9.52. The van der Waals surface area contributed by atoms with Gasteiger partial charge in [-0.05, 0) is 0 Å². The SMILES string of the molecule is CC(=O)O[Si](OC(C)=O)c1ccccc1. The van der Waals surface area contributed by atoms with Gasteiger partial charge in [-0.3, -0.25) is 9.59 Å². The maximum atomic E-state index is 10.8. The summed E-state index contributed by atoms with van der Waals surface area (Å²) in [6, 6.07) is 8.96. The molecule has 0 amide bonds. The van der Waals surface area contributed by atoms with Crippen LogP contribution in [0.3, 0.4) is 0 Å². The molecule has 0 saturated carbocycles. The van der Waals surface area contributed by atoms with E-state index in [-0.39, 0.29) is 0 Å². The first kappa shape index (κ1) is 11.5. The van der Waals surface area contributed by atoms with Crippen LogP contribution in [0.15, 0.2) is 30.3 Å². The fourth-order valence-electron chi connectivity index (χ4n) is 0.974. The molecule has 0 unspecified atom stereocenters. The molecule has 0 atom stereocenters. The van der Waals surface area contributed by atoms with E-state index in [0.29, 0.717) is 0 Å². The van der Waals surface area contributed by atoms with E-state index >= 15 is 0 Å². The molecule has 1 aromatic rings. The fourth-order valence-corrected chi connectivity index (χ4v) is 2.24. The Kier molecular flexibility index (Phi) is 4.05. The molecule has 0 aliphatic rings. The Hall–Kier alpha value is -1.62. The van der Waals surface area contributed by atoms with Gasteiger partial charge < -0.3 is 8.85 Å². The molecule has 15 heavy (non-hydrogen) atoms. The van der Waals surface area contributed by atoms with Crippen molar-refractivity contribution in [2.24, 2.45) is 0 Å². The van der Waals surface area contributed by atoms with Crippen molar-refractivity contribution in [2.75, 3.05) is 0 Å². The van der Waals surface area contributed by atoms with Crippen molar-refractivity contribution >= 4 is 26.4 Å². The quantitative estimate of drug-likeness (QED) is 0.700. The third-order valence-electron chi connectivity index (χ3n) is 1.48. The third kappa shape index (κ3) is 3.95. The zero-order valence-electron chi connectivity index (χ0n) is 8.52. The number of hydrogen-bond acceptors (Lipinski definition) is 4. The normalized spacial score (nSPS) is 9.80. The van der Waals surface area contributed by atoms with Crippen molar-refractivity contribution in [3.63, 3.8) is 0 Å². The molecule has 0 aliphatic heterocycles. The Morgan fingerprint density at radius 3 is 1.87 bits per heavy atom. The molecular formula is C10H11O4Si. The van der Waals surface area contributed by atoms with Crippen molar-refractivity contribution in [2.45, 2.75) is 13.8 Å². The van der Waals surface area contributed by atoms with E-state index in [1.807, 2.05) is 6.07 Å². The molecule has 5 heteroatoms. The lowest BCUT2D eigenvalue weighted by molar-refractivity contribution is -0.137. The Bertz CT molecular complexity index is 334. The standard InChI is InChI=1S/C10H11O4Si/c1-8(11)13-15(14-9(2)12)10-6-4-3-5-7-10/h3-7H,1-2H3. The third-order valence-corrected chi connectivity index (χ3v) is 3.23. The predicted molar refractivity (Wildman–Crippen MR) is 55.4 cm³/mol. The Morgan fingerprint density at radius 2 is 1.47 bits per heavy atom. The van der Waals surface area contributed by atoms with Gasteiger partial charge in [0.2, 0.25) is 0 Å². The molecule has 0 heterocycles. The maximum Gasteiger partial charge on any atom is 0.576 e. The van der Waals surface area contributed by atoms with Gasteiger partial charge in [0, 0.05) is 19.0 Å². The van der Waals surface area contributed by atoms with E-state index in [2.05, 4.69) is 0 Å². The summed E-state index contributed by atoms with van der Waals surface area (Å²) in [5.74, 6) is -0.900. The molecule has 0 bridgehead atoms. The van der Waals surface area contributed by atoms with Gasteiger partial charge in [0.05, 0.1) is 0 Å². The average Bonchev–Trinajstić information content (AvgIpc) is 2.17. The monoisotopic (exact) mass is 223 g/mol. The number of benzene rings is 1. The minimum Gasteiger partial charge on any atom is -0.480 e. The zero-order chi connectivity index (χ0) is 11.3. The summed E-state index contributed by atoms with van der Waals surface area (Å²) >= 11 is 0. The van der Waals surface area contributed by atoms with Crippen LogP contribution in [0.2, 0.25) is 0 Å². The van der Waals surface area contributed by atoms with Crippen LogP contribution in [0, 0.1) is 0 Å². The highest BCUT2D eigenvalue weighted by Gasteiger charge is 2.25. The van der Waals surface area contributed by atoms with E-state index in [1.54, 1.807) is 24.3 Å². The Balaban J connectivity index is 2.81. The highest BCUT2D eigenvalue weighted by Crippen LogP contribution is 1.94. The van der Waals surface area contributed by atoms with Crippen molar-refractivity contribution < 1.29 is 18.4 Å². The summed E-state index contributed by atoms with van der Waals surface area (Å²) in [6.07, 6.45) is 0. The van der Waals surface area contributed by atoms with E-state index in [0.717, 1.165) is 5.19 Å². The lowest BCUT2D eigenvalue weighted by Crippen LogP contribution is -2.39. The van der Waals surface area contributed by atoms with Crippen molar-refractivity contribution in [3.05, 3.63) is 30.3 Å². The van der Waals surface area contributed by atoms with E-state index in [9.17, 15) is 9.59 Å². The number of rotatable bonds is 3. The summed E-state index contributed by atoms with van der Waals surface area (Å²) in [7, 11) is -2.02. The van der Waals surface area contributed by atoms with Crippen molar-refractivity contribution in [3.8, 4) is 0 Å². The van der Waals surface area contributed by atoms with Gasteiger partial charge in [-0.1, -0.05) is 30.3 Å². The van der Waals surface area contributed by atoms with Gasteiger partial charge in [-0.15, -0.1) is 0 Å². The number of carbonyl (C=O) groups is 2. The Labute approximate surface area is 89.7 Å². The largest absolute Gasteiger partial charge is 0.576 e. The first-order valence-electron chi connectivity index (χ1n) is 4.39. The predicted octanol–water partition coefficient (Wildman–Crippen LogP) is 0.508. The minimum absolute atomic E-state index is 0.450. The van der Waals surface area contributed by atoms with E-state index in [4.69, 9.17) is 8.85 Å². The molecule has 0 spiro atoms. The summed E-state index contributed by atoms with van der Waals surface area (Å²) in [4.78, 5) is 21.6. The lowest BCUT2D eigenvalue weighted by Gasteiger charge is -2.12. The van der Waals surface area contributed by atoms with Crippen LogP contribution in [0.25, 0.3) is 0 Å². The summed E-state index contributed by atoms with van der Waals surface area (Å²) in [6.45, 7) is 2.58. The van der Waals surface area contributed by atoms with Gasteiger partial charge in [0.1, 0.15) is 0 Å². The highest BCUT2D eigenvalue weighted by atomic mass is 28.3. The fraction of sp³-hybridized carbons (Fsp3) is 0.200. The van der Waals surface area contributed by atoms with Crippen LogP contribution in [-0.4, -0.2) is 21.2 Å². The van der Waals surface area contributed by atoms with Gasteiger partial charge in [0.25, 0.3) is 11.9 Å². The maximum absolute atomic E-state index is 10.8. The van der Waals surface area contributed by atoms with Gasteiger partial charge >= 0.3 is 9.28 Å². The second-order valence-electron chi connectivity index (χ2n) is 2.84. The molecule has 1 aromatic carbocycles. The van der Waals surface area contributed by atoms with E-state index in [1.165, 1.54) is 13.8 Å². The minimum atomic E-state index is -2.02. The van der Waals surface area contributed by atoms with Crippen LogP contribution in [0.5, 0.6) is 0 Å². The molecule has 1 radical (unpaired) electrons. The van der Waals surface area contributed by atoms with E-state index < -0.39 is 21.2 Å². The highest BCUT2D eigenvalue weighted by molar-refractivity contribution is 6.64. The van der Waals surface area contributed by atoms with Crippen LogP contribution in [0.4, 0.5) is 0 Å². The first-order chi connectivity index (χ1) is 7.09. The second-order valence-corrected chi connectivity index (χ2v) is 4.40. The average molecular weight is 223 g/mol.